The quantitative estimate of drug-likeness (QED) is 0.806. The Hall–Kier alpha value is -1.34. The van der Waals surface area contributed by atoms with Crippen LogP contribution in [0.25, 0.3) is 0 Å². The van der Waals surface area contributed by atoms with Gasteiger partial charge in [0.15, 0.2) is 5.82 Å². The minimum atomic E-state index is -0.606. The molecule has 4 nitrogen and oxygen atoms in total. The van der Waals surface area contributed by atoms with Crippen molar-refractivity contribution >= 4 is 15.9 Å². The lowest BCUT2D eigenvalue weighted by Gasteiger charge is -2.06. The van der Waals surface area contributed by atoms with Gasteiger partial charge >= 0.3 is 0 Å². The number of hydrogen-bond acceptors (Lipinski definition) is 3. The zero-order valence-electron chi connectivity index (χ0n) is 11.9. The maximum atomic E-state index is 13.9. The molecule has 0 aliphatic carbocycles. The predicted molar refractivity (Wildman–Crippen MR) is 79.7 cm³/mol. The zero-order chi connectivity index (χ0) is 15.4. The summed E-state index contributed by atoms with van der Waals surface area (Å²) in [5.74, 6) is -0.0564. The molecule has 2 aromatic rings. The fourth-order valence-corrected chi connectivity index (χ4v) is 2.21. The van der Waals surface area contributed by atoms with Crippen LogP contribution in [0, 0.1) is 17.6 Å². The van der Waals surface area contributed by atoms with Gasteiger partial charge < -0.3 is 5.32 Å². The van der Waals surface area contributed by atoms with Crippen molar-refractivity contribution in [3.05, 3.63) is 46.0 Å². The highest BCUT2D eigenvalue weighted by Crippen LogP contribution is 2.22. The highest BCUT2D eigenvalue weighted by molar-refractivity contribution is 9.10. The van der Waals surface area contributed by atoms with Crippen molar-refractivity contribution < 1.29 is 8.78 Å². The third-order valence-electron chi connectivity index (χ3n) is 2.88. The van der Waals surface area contributed by atoms with Crippen molar-refractivity contribution in [3.8, 4) is 0 Å². The molecule has 0 fully saturated rings. The van der Waals surface area contributed by atoms with E-state index in [0.717, 1.165) is 6.54 Å². The molecule has 0 spiro atoms. The molecule has 1 heterocycles. The van der Waals surface area contributed by atoms with Crippen LogP contribution in [0.3, 0.4) is 0 Å². The lowest BCUT2D eigenvalue weighted by Crippen LogP contribution is -2.19. The number of aromatic nitrogens is 3. The maximum Gasteiger partial charge on any atom is 0.164 e. The van der Waals surface area contributed by atoms with Gasteiger partial charge in [-0.3, -0.25) is 0 Å². The summed E-state index contributed by atoms with van der Waals surface area (Å²) in [4.78, 5) is 4.12. The molecule has 7 heteroatoms. The molecule has 0 radical (unpaired) electrons. The molecular weight excluding hydrogens is 342 g/mol. The number of halogens is 3. The summed E-state index contributed by atoms with van der Waals surface area (Å²) < 4.78 is 29.2. The second-order valence-electron chi connectivity index (χ2n) is 5.20. The van der Waals surface area contributed by atoms with Gasteiger partial charge in [-0.1, -0.05) is 13.8 Å². The van der Waals surface area contributed by atoms with Crippen LogP contribution in [0.5, 0.6) is 0 Å². The summed E-state index contributed by atoms with van der Waals surface area (Å²) in [6, 6.07) is 2.57. The van der Waals surface area contributed by atoms with E-state index >= 15 is 0 Å². The SMILES string of the molecule is CC(C)CNCc1ncn(Cc2c(F)ccc(Br)c2F)n1. The Morgan fingerprint density at radius 1 is 1.33 bits per heavy atom. The van der Waals surface area contributed by atoms with Crippen LogP contribution in [0.1, 0.15) is 25.2 Å². The summed E-state index contributed by atoms with van der Waals surface area (Å²) in [5, 5.41) is 7.42. The van der Waals surface area contributed by atoms with E-state index in [9.17, 15) is 8.78 Å². The molecule has 0 aliphatic heterocycles. The molecule has 1 aromatic carbocycles. The average Bonchev–Trinajstić information content (AvgIpc) is 2.86. The molecule has 21 heavy (non-hydrogen) atoms. The van der Waals surface area contributed by atoms with Crippen LogP contribution < -0.4 is 5.32 Å². The minimum absolute atomic E-state index is 0.00822. The molecule has 0 saturated carbocycles. The van der Waals surface area contributed by atoms with E-state index in [1.54, 1.807) is 0 Å². The van der Waals surface area contributed by atoms with Crippen LogP contribution in [0.15, 0.2) is 22.9 Å². The molecule has 1 aromatic heterocycles. The monoisotopic (exact) mass is 358 g/mol. The molecule has 114 valence electrons. The fraction of sp³-hybridized carbons (Fsp3) is 0.429. The van der Waals surface area contributed by atoms with E-state index in [1.807, 2.05) is 0 Å². The number of hydrogen-bond donors (Lipinski definition) is 1. The van der Waals surface area contributed by atoms with Crippen molar-refractivity contribution in [2.24, 2.45) is 5.92 Å². The smallest absolute Gasteiger partial charge is 0.164 e. The van der Waals surface area contributed by atoms with E-state index in [0.29, 0.717) is 18.3 Å². The third-order valence-corrected chi connectivity index (χ3v) is 3.49. The Bertz CT molecular complexity index is 613. The van der Waals surface area contributed by atoms with Gasteiger partial charge in [0, 0.05) is 5.56 Å². The van der Waals surface area contributed by atoms with Crippen molar-refractivity contribution in [1.82, 2.24) is 20.1 Å². The first-order valence-corrected chi connectivity index (χ1v) is 7.48. The van der Waals surface area contributed by atoms with Crippen LogP contribution in [-0.4, -0.2) is 21.3 Å². The second kappa shape index (κ2) is 7.09. The highest BCUT2D eigenvalue weighted by atomic mass is 79.9. The largest absolute Gasteiger partial charge is 0.310 e. The summed E-state index contributed by atoms with van der Waals surface area (Å²) in [7, 11) is 0. The summed E-state index contributed by atoms with van der Waals surface area (Å²) in [5.41, 5.74) is -0.0315. The van der Waals surface area contributed by atoms with E-state index in [4.69, 9.17) is 0 Å². The Morgan fingerprint density at radius 3 is 2.81 bits per heavy atom. The van der Waals surface area contributed by atoms with Gasteiger partial charge in [0.2, 0.25) is 0 Å². The molecule has 1 N–H and O–H groups in total. The minimum Gasteiger partial charge on any atom is -0.310 e. The van der Waals surface area contributed by atoms with Crippen LogP contribution in [0.2, 0.25) is 0 Å². The first kappa shape index (κ1) is 16.0. The van der Waals surface area contributed by atoms with E-state index in [-0.39, 0.29) is 16.6 Å². The van der Waals surface area contributed by atoms with Crippen LogP contribution in [0.4, 0.5) is 8.78 Å². The first-order valence-electron chi connectivity index (χ1n) is 6.68. The van der Waals surface area contributed by atoms with Crippen LogP contribution >= 0.6 is 15.9 Å². The Morgan fingerprint density at radius 2 is 2.10 bits per heavy atom. The third kappa shape index (κ3) is 4.31. The van der Waals surface area contributed by atoms with E-state index in [1.165, 1.54) is 23.1 Å². The molecular formula is C14H17BrF2N4. The molecule has 0 amide bonds. The standard InChI is InChI=1S/C14H17BrF2N4/c1-9(2)5-18-6-13-19-8-21(20-13)7-10-12(16)4-3-11(15)14(10)17/h3-4,8-9,18H,5-7H2,1-2H3. The molecule has 0 unspecified atom stereocenters. The van der Waals surface area contributed by atoms with Crippen molar-refractivity contribution in [2.75, 3.05) is 6.54 Å². The van der Waals surface area contributed by atoms with Crippen molar-refractivity contribution in [2.45, 2.75) is 26.9 Å². The molecule has 2 rings (SSSR count). The van der Waals surface area contributed by atoms with E-state index in [2.05, 4.69) is 45.2 Å². The van der Waals surface area contributed by atoms with Gasteiger partial charge in [0.1, 0.15) is 18.0 Å². The van der Waals surface area contributed by atoms with E-state index < -0.39 is 11.6 Å². The van der Waals surface area contributed by atoms with Crippen molar-refractivity contribution in [1.29, 1.82) is 0 Å². The first-order chi connectivity index (χ1) is 9.97. The normalized spacial score (nSPS) is 11.3. The topological polar surface area (TPSA) is 42.7 Å². The molecule has 0 saturated heterocycles. The molecule has 0 bridgehead atoms. The van der Waals surface area contributed by atoms with Crippen LogP contribution in [-0.2, 0) is 13.1 Å². The summed E-state index contributed by atoms with van der Waals surface area (Å²) >= 11 is 3.05. The Kier molecular flexibility index (Phi) is 5.41. The fourth-order valence-electron chi connectivity index (χ4n) is 1.84. The average molecular weight is 359 g/mol. The van der Waals surface area contributed by atoms with Gasteiger partial charge in [0.05, 0.1) is 17.6 Å². The predicted octanol–water partition coefficient (Wildman–Crippen LogP) is 3.11. The number of nitrogens with zero attached hydrogens (tertiary/aromatic N) is 3. The van der Waals surface area contributed by atoms with Gasteiger partial charge in [-0.05, 0) is 40.5 Å². The lowest BCUT2D eigenvalue weighted by molar-refractivity contribution is 0.521. The Balaban J connectivity index is 2.04. The summed E-state index contributed by atoms with van der Waals surface area (Å²) in [6.45, 7) is 5.63. The lowest BCUT2D eigenvalue weighted by atomic mass is 10.2. The van der Waals surface area contributed by atoms with Gasteiger partial charge in [0.25, 0.3) is 0 Å². The maximum absolute atomic E-state index is 13.9. The van der Waals surface area contributed by atoms with Crippen molar-refractivity contribution in [3.63, 3.8) is 0 Å². The number of benzene rings is 1. The van der Waals surface area contributed by atoms with Gasteiger partial charge in [-0.15, -0.1) is 0 Å². The Labute approximate surface area is 130 Å². The summed E-state index contributed by atoms with van der Waals surface area (Å²) in [6.07, 6.45) is 1.48. The number of rotatable bonds is 6. The molecule has 0 aliphatic rings. The highest BCUT2D eigenvalue weighted by Gasteiger charge is 2.13. The second-order valence-corrected chi connectivity index (χ2v) is 6.06. The zero-order valence-corrected chi connectivity index (χ0v) is 13.5. The van der Waals surface area contributed by atoms with Gasteiger partial charge in [-0.2, -0.15) is 5.10 Å². The molecule has 0 atom stereocenters. The number of nitrogens with one attached hydrogen (secondary N) is 1. The van der Waals surface area contributed by atoms with Gasteiger partial charge in [-0.25, -0.2) is 18.4 Å².